The smallest absolute Gasteiger partial charge is 0.243 e. The number of ketones is 2. The highest BCUT2D eigenvalue weighted by Gasteiger charge is 2.25. The minimum absolute atomic E-state index is 0.0402. The van der Waals surface area contributed by atoms with Gasteiger partial charge >= 0.3 is 0 Å². The maximum atomic E-state index is 12.1. The molecule has 5 heteroatoms. The molecule has 0 aromatic heterocycles. The van der Waals surface area contributed by atoms with Crippen LogP contribution in [0.5, 0.6) is 0 Å². The molecule has 0 unspecified atom stereocenters. The van der Waals surface area contributed by atoms with E-state index < -0.39 is 6.04 Å². The van der Waals surface area contributed by atoms with E-state index in [9.17, 15) is 14.4 Å². The molecule has 0 saturated heterocycles. The highest BCUT2D eigenvalue weighted by molar-refractivity contribution is 5.97. The Hall–Kier alpha value is -1.49. The number of hydrogen-bond donors (Lipinski definition) is 1. The predicted molar refractivity (Wildman–Crippen MR) is 95.5 cm³/mol. The molecule has 0 saturated carbocycles. The minimum atomic E-state index is -0.455. The third-order valence-corrected chi connectivity index (χ3v) is 4.51. The second-order valence-electron chi connectivity index (χ2n) is 6.87. The number of amides is 1. The Labute approximate surface area is 145 Å². The summed E-state index contributed by atoms with van der Waals surface area (Å²) in [6.45, 7) is 5.03. The number of rotatable bonds is 11. The molecule has 1 N–H and O–H groups in total. The number of carbonyl (C=O) groups is 3. The molecule has 2 atom stereocenters. The number of Topliss-reactive ketones (excluding diaryl/α,β-unsaturated/α-hetero) is 1. The molecule has 0 aliphatic carbocycles. The van der Waals surface area contributed by atoms with Crippen LogP contribution < -0.4 is 5.32 Å². The maximum Gasteiger partial charge on any atom is 0.243 e. The van der Waals surface area contributed by atoms with Gasteiger partial charge in [-0.15, -0.1) is 0 Å². The highest BCUT2D eigenvalue weighted by Crippen LogP contribution is 2.14. The highest BCUT2D eigenvalue weighted by atomic mass is 16.2. The Bertz CT molecular complexity index is 460. The van der Waals surface area contributed by atoms with Crippen LogP contribution in [0, 0.1) is 5.92 Å². The number of carbonyl (C=O) groups excluding carboxylic acids is 3. The van der Waals surface area contributed by atoms with Crippen molar-refractivity contribution in [2.24, 2.45) is 5.92 Å². The average molecular weight is 336 g/mol. The fourth-order valence-electron chi connectivity index (χ4n) is 2.92. The molecule has 0 radical (unpaired) electrons. The van der Waals surface area contributed by atoms with E-state index in [0.717, 1.165) is 19.3 Å². The van der Waals surface area contributed by atoms with E-state index in [-0.39, 0.29) is 18.1 Å². The summed E-state index contributed by atoms with van der Waals surface area (Å²) in [5.41, 5.74) is 0. The Morgan fingerprint density at radius 1 is 1.29 bits per heavy atom. The first-order chi connectivity index (χ1) is 11.4. The molecule has 0 aromatic rings. The summed E-state index contributed by atoms with van der Waals surface area (Å²) in [4.78, 5) is 37.0. The molecule has 1 aliphatic heterocycles. The molecular weight excluding hydrogens is 304 g/mol. The van der Waals surface area contributed by atoms with Crippen molar-refractivity contribution in [1.82, 2.24) is 10.2 Å². The third kappa shape index (κ3) is 7.86. The number of nitrogens with zero attached hydrogens (tertiary/aromatic N) is 1. The van der Waals surface area contributed by atoms with Crippen molar-refractivity contribution >= 4 is 17.5 Å². The lowest BCUT2D eigenvalue weighted by atomic mass is 9.97. The Balaban J connectivity index is 2.16. The molecule has 1 rings (SSSR count). The van der Waals surface area contributed by atoms with E-state index in [4.69, 9.17) is 0 Å². The SMILES string of the molecule is CCC[C@@H](C)CCC(=O)CCCCN[C@H]1CC(=O)C=CN(C)C1=O. The minimum Gasteiger partial charge on any atom is -0.321 e. The van der Waals surface area contributed by atoms with E-state index in [1.54, 1.807) is 7.05 Å². The number of likely N-dealkylation sites (N-methyl/N-ethyl adjacent to an activating group) is 1. The fraction of sp³-hybridized carbons (Fsp3) is 0.737. The van der Waals surface area contributed by atoms with Gasteiger partial charge in [-0.25, -0.2) is 0 Å². The first kappa shape index (κ1) is 20.6. The Kier molecular flexibility index (Phi) is 9.53. The standard InChI is InChI=1S/C19H32N2O3/c1-4-7-15(2)9-10-16(22)8-5-6-12-20-18-14-17(23)11-13-21(3)19(18)24/h11,13,15,18,20H,4-10,12,14H2,1-3H3/t15-,18+/m1/s1. The number of unbranched alkanes of at least 4 members (excludes halogenated alkanes) is 1. The Morgan fingerprint density at radius 3 is 2.75 bits per heavy atom. The van der Waals surface area contributed by atoms with Crippen LogP contribution in [0.4, 0.5) is 0 Å². The molecule has 0 fully saturated rings. The lowest BCUT2D eigenvalue weighted by Gasteiger charge is -2.19. The van der Waals surface area contributed by atoms with Crippen LogP contribution in [0.1, 0.15) is 65.2 Å². The van der Waals surface area contributed by atoms with Crippen molar-refractivity contribution in [3.05, 3.63) is 12.3 Å². The summed E-state index contributed by atoms with van der Waals surface area (Å²) < 4.78 is 0. The molecule has 1 aliphatic rings. The third-order valence-electron chi connectivity index (χ3n) is 4.51. The quantitative estimate of drug-likeness (QED) is 0.589. The van der Waals surface area contributed by atoms with Gasteiger partial charge in [0.2, 0.25) is 5.91 Å². The molecule has 0 bridgehead atoms. The van der Waals surface area contributed by atoms with Gasteiger partial charge in [0.05, 0.1) is 6.04 Å². The zero-order valence-electron chi connectivity index (χ0n) is 15.3. The molecule has 5 nitrogen and oxygen atoms in total. The van der Waals surface area contributed by atoms with E-state index in [1.807, 2.05) is 0 Å². The van der Waals surface area contributed by atoms with E-state index in [0.29, 0.717) is 31.1 Å². The molecule has 136 valence electrons. The zero-order valence-corrected chi connectivity index (χ0v) is 15.3. The number of allylic oxidation sites excluding steroid dienone is 1. The molecule has 0 aromatic carbocycles. The van der Waals surface area contributed by atoms with E-state index in [2.05, 4.69) is 19.2 Å². The van der Waals surface area contributed by atoms with Crippen LogP contribution in [-0.2, 0) is 14.4 Å². The van der Waals surface area contributed by atoms with Crippen molar-refractivity contribution < 1.29 is 14.4 Å². The van der Waals surface area contributed by atoms with Gasteiger partial charge < -0.3 is 10.2 Å². The summed E-state index contributed by atoms with van der Waals surface area (Å²) in [7, 11) is 1.66. The summed E-state index contributed by atoms with van der Waals surface area (Å²) in [6.07, 6.45) is 9.48. The second-order valence-corrected chi connectivity index (χ2v) is 6.87. The summed E-state index contributed by atoms with van der Waals surface area (Å²) >= 11 is 0. The van der Waals surface area contributed by atoms with Gasteiger partial charge in [0, 0.05) is 32.5 Å². The van der Waals surface area contributed by atoms with Crippen LogP contribution in [0.2, 0.25) is 0 Å². The van der Waals surface area contributed by atoms with Crippen LogP contribution in [0.15, 0.2) is 12.3 Å². The first-order valence-electron chi connectivity index (χ1n) is 9.16. The van der Waals surface area contributed by atoms with Crippen LogP contribution in [0.3, 0.4) is 0 Å². The summed E-state index contributed by atoms with van der Waals surface area (Å²) in [5.74, 6) is 0.840. The van der Waals surface area contributed by atoms with Crippen LogP contribution in [0.25, 0.3) is 0 Å². The predicted octanol–water partition coefficient (Wildman–Crippen LogP) is 2.85. The van der Waals surface area contributed by atoms with Gasteiger partial charge in [-0.05, 0) is 37.8 Å². The zero-order chi connectivity index (χ0) is 17.9. The fourth-order valence-corrected chi connectivity index (χ4v) is 2.92. The van der Waals surface area contributed by atoms with Crippen molar-refractivity contribution in [2.75, 3.05) is 13.6 Å². The molecule has 0 spiro atoms. The summed E-state index contributed by atoms with van der Waals surface area (Å²) in [5, 5.41) is 3.15. The van der Waals surface area contributed by atoms with Gasteiger partial charge in [0.15, 0.2) is 5.78 Å². The largest absolute Gasteiger partial charge is 0.321 e. The number of nitrogens with one attached hydrogen (secondary N) is 1. The van der Waals surface area contributed by atoms with Gasteiger partial charge in [-0.3, -0.25) is 14.4 Å². The average Bonchev–Trinajstić information content (AvgIpc) is 2.66. The monoisotopic (exact) mass is 336 g/mol. The van der Waals surface area contributed by atoms with Crippen LogP contribution >= 0.6 is 0 Å². The van der Waals surface area contributed by atoms with Gasteiger partial charge in [0.25, 0.3) is 0 Å². The van der Waals surface area contributed by atoms with Crippen LogP contribution in [-0.4, -0.2) is 42.0 Å². The summed E-state index contributed by atoms with van der Waals surface area (Å²) in [6, 6.07) is -0.455. The van der Waals surface area contributed by atoms with Crippen molar-refractivity contribution in [3.8, 4) is 0 Å². The lowest BCUT2D eigenvalue weighted by Crippen LogP contribution is -2.43. The van der Waals surface area contributed by atoms with E-state index >= 15 is 0 Å². The van der Waals surface area contributed by atoms with Crippen molar-refractivity contribution in [1.29, 1.82) is 0 Å². The number of hydrogen-bond acceptors (Lipinski definition) is 4. The first-order valence-corrected chi connectivity index (χ1v) is 9.16. The molecule has 1 amide bonds. The normalized spacial score (nSPS) is 19.5. The van der Waals surface area contributed by atoms with Gasteiger partial charge in [0.1, 0.15) is 5.78 Å². The van der Waals surface area contributed by atoms with Crippen molar-refractivity contribution in [3.63, 3.8) is 0 Å². The second kappa shape index (κ2) is 11.1. The lowest BCUT2D eigenvalue weighted by molar-refractivity contribution is -0.131. The molecule has 1 heterocycles. The Morgan fingerprint density at radius 2 is 2.04 bits per heavy atom. The van der Waals surface area contributed by atoms with Gasteiger partial charge in [-0.1, -0.05) is 26.7 Å². The van der Waals surface area contributed by atoms with E-state index in [1.165, 1.54) is 30.0 Å². The topological polar surface area (TPSA) is 66.5 Å². The van der Waals surface area contributed by atoms with Gasteiger partial charge in [-0.2, -0.15) is 0 Å². The molecule has 24 heavy (non-hydrogen) atoms. The maximum absolute atomic E-state index is 12.1. The molecular formula is C19H32N2O3. The van der Waals surface area contributed by atoms with Crippen molar-refractivity contribution in [2.45, 2.75) is 71.3 Å².